The highest BCUT2D eigenvalue weighted by Gasteiger charge is 2.32. The van der Waals surface area contributed by atoms with E-state index in [0.29, 0.717) is 31.9 Å². The van der Waals surface area contributed by atoms with E-state index >= 15 is 0 Å². The number of piperazine rings is 1. The summed E-state index contributed by atoms with van der Waals surface area (Å²) in [5, 5.41) is 0. The molecule has 158 valence electrons. The maximum absolute atomic E-state index is 14.7. The van der Waals surface area contributed by atoms with Crippen molar-refractivity contribution in [3.8, 4) is 0 Å². The average Bonchev–Trinajstić information content (AvgIpc) is 3.06. The number of halogens is 1. The Balaban J connectivity index is 1.45. The summed E-state index contributed by atoms with van der Waals surface area (Å²) in [5.74, 6) is -0.190. The fourth-order valence-electron chi connectivity index (χ4n) is 3.90. The normalized spacial score (nSPS) is 19.3. The Labute approximate surface area is 174 Å². The van der Waals surface area contributed by atoms with E-state index < -0.39 is 11.9 Å². The summed E-state index contributed by atoms with van der Waals surface area (Å²) in [7, 11) is 0. The molecule has 0 N–H and O–H groups in total. The van der Waals surface area contributed by atoms with Crippen LogP contribution in [0.25, 0.3) is 0 Å². The number of nitrogens with zero attached hydrogens (tertiary/aromatic N) is 5. The first-order chi connectivity index (χ1) is 14.3. The molecule has 1 atom stereocenters. The summed E-state index contributed by atoms with van der Waals surface area (Å²) in [6.07, 6.45) is 1.22. The van der Waals surface area contributed by atoms with E-state index in [1.165, 1.54) is 17.0 Å². The molecule has 0 aliphatic carbocycles. The van der Waals surface area contributed by atoms with E-state index in [4.69, 9.17) is 4.74 Å². The zero-order chi connectivity index (χ0) is 21.4. The molecule has 0 bridgehead atoms. The molecule has 3 heterocycles. The van der Waals surface area contributed by atoms with E-state index in [-0.39, 0.29) is 24.1 Å². The SMILES string of the molecule is Cc1cnc(N2CCN(C(=O)c3ccc(N4C(=O)OC[C@H]4C)cc3F)CC2)c(C)n1. The molecule has 0 unspecified atom stereocenters. The molecule has 2 amide bonds. The largest absolute Gasteiger partial charge is 0.447 e. The Morgan fingerprint density at radius 3 is 2.53 bits per heavy atom. The monoisotopic (exact) mass is 413 g/mol. The van der Waals surface area contributed by atoms with Crippen molar-refractivity contribution in [2.75, 3.05) is 42.6 Å². The predicted octanol–water partition coefficient (Wildman–Crippen LogP) is 2.54. The van der Waals surface area contributed by atoms with Crippen molar-refractivity contribution in [3.05, 3.63) is 47.2 Å². The van der Waals surface area contributed by atoms with Gasteiger partial charge in [-0.3, -0.25) is 14.7 Å². The quantitative estimate of drug-likeness (QED) is 0.770. The van der Waals surface area contributed by atoms with E-state index in [1.807, 2.05) is 20.8 Å². The maximum atomic E-state index is 14.7. The molecule has 2 aliphatic rings. The van der Waals surface area contributed by atoms with Gasteiger partial charge in [-0.05, 0) is 39.0 Å². The summed E-state index contributed by atoms with van der Waals surface area (Å²) < 4.78 is 19.7. The number of aryl methyl sites for hydroxylation is 2. The molecule has 0 spiro atoms. The molecular weight excluding hydrogens is 389 g/mol. The van der Waals surface area contributed by atoms with E-state index in [9.17, 15) is 14.0 Å². The number of carbonyl (C=O) groups excluding carboxylic acids is 2. The fraction of sp³-hybridized carbons (Fsp3) is 0.429. The molecule has 2 fully saturated rings. The Morgan fingerprint density at radius 1 is 1.20 bits per heavy atom. The zero-order valence-corrected chi connectivity index (χ0v) is 17.3. The van der Waals surface area contributed by atoms with Gasteiger partial charge in [0, 0.05) is 26.2 Å². The second kappa shape index (κ2) is 7.89. The standard InChI is InChI=1S/C21H24FN5O3/c1-13-11-23-19(15(3)24-13)25-6-8-26(9-7-25)20(28)17-5-4-16(10-18(17)22)27-14(2)12-30-21(27)29/h4-5,10-11,14H,6-9,12H2,1-3H3/t14-/m1/s1. The molecule has 0 radical (unpaired) electrons. The number of amides is 2. The van der Waals surface area contributed by atoms with Crippen LogP contribution < -0.4 is 9.80 Å². The number of hydrogen-bond acceptors (Lipinski definition) is 6. The Bertz CT molecular complexity index is 991. The highest BCUT2D eigenvalue weighted by molar-refractivity contribution is 5.96. The molecule has 1 aromatic carbocycles. The first-order valence-corrected chi connectivity index (χ1v) is 9.95. The van der Waals surface area contributed by atoms with Gasteiger partial charge < -0.3 is 14.5 Å². The molecule has 0 saturated carbocycles. The van der Waals surface area contributed by atoms with E-state index in [0.717, 1.165) is 17.2 Å². The molecular formula is C21H24FN5O3. The van der Waals surface area contributed by atoms with Crippen LogP contribution in [0.4, 0.5) is 20.7 Å². The van der Waals surface area contributed by atoms with Crippen LogP contribution in [0, 0.1) is 19.7 Å². The lowest BCUT2D eigenvalue weighted by atomic mass is 10.1. The average molecular weight is 413 g/mol. The van der Waals surface area contributed by atoms with Crippen molar-refractivity contribution in [1.29, 1.82) is 0 Å². The third-order valence-corrected chi connectivity index (χ3v) is 5.45. The third-order valence-electron chi connectivity index (χ3n) is 5.45. The molecule has 9 heteroatoms. The Kier molecular flexibility index (Phi) is 5.27. The van der Waals surface area contributed by atoms with Gasteiger partial charge in [0.1, 0.15) is 18.2 Å². The van der Waals surface area contributed by atoms with Crippen LogP contribution in [0.3, 0.4) is 0 Å². The van der Waals surface area contributed by atoms with E-state index in [2.05, 4.69) is 14.9 Å². The van der Waals surface area contributed by atoms with Gasteiger partial charge in [-0.2, -0.15) is 0 Å². The summed E-state index contributed by atoms with van der Waals surface area (Å²) >= 11 is 0. The number of benzene rings is 1. The van der Waals surface area contributed by atoms with Crippen LogP contribution in [0.1, 0.15) is 28.7 Å². The van der Waals surface area contributed by atoms with Crippen LogP contribution in [-0.4, -0.2) is 65.7 Å². The first kappa shape index (κ1) is 20.1. The van der Waals surface area contributed by atoms with Crippen LogP contribution in [-0.2, 0) is 4.74 Å². The van der Waals surface area contributed by atoms with Crippen LogP contribution in [0.5, 0.6) is 0 Å². The van der Waals surface area contributed by atoms with E-state index in [1.54, 1.807) is 17.2 Å². The highest BCUT2D eigenvalue weighted by Crippen LogP contribution is 2.26. The van der Waals surface area contributed by atoms with Gasteiger partial charge in [0.05, 0.1) is 34.9 Å². The predicted molar refractivity (Wildman–Crippen MR) is 109 cm³/mol. The molecule has 4 rings (SSSR count). The smallest absolute Gasteiger partial charge is 0.414 e. The van der Waals surface area contributed by atoms with Gasteiger partial charge in [0.25, 0.3) is 5.91 Å². The van der Waals surface area contributed by atoms with Crippen molar-refractivity contribution in [1.82, 2.24) is 14.9 Å². The van der Waals surface area contributed by atoms with Crippen molar-refractivity contribution in [3.63, 3.8) is 0 Å². The lowest BCUT2D eigenvalue weighted by Crippen LogP contribution is -2.49. The maximum Gasteiger partial charge on any atom is 0.414 e. The van der Waals surface area contributed by atoms with Gasteiger partial charge in [0.2, 0.25) is 0 Å². The van der Waals surface area contributed by atoms with Gasteiger partial charge in [-0.25, -0.2) is 14.2 Å². The van der Waals surface area contributed by atoms with Crippen LogP contribution >= 0.6 is 0 Å². The van der Waals surface area contributed by atoms with Crippen molar-refractivity contribution in [2.45, 2.75) is 26.8 Å². The topological polar surface area (TPSA) is 78.9 Å². The summed E-state index contributed by atoms with van der Waals surface area (Å²) in [6.45, 7) is 8.02. The van der Waals surface area contributed by atoms with Crippen LogP contribution in [0.15, 0.2) is 24.4 Å². The molecule has 30 heavy (non-hydrogen) atoms. The fourth-order valence-corrected chi connectivity index (χ4v) is 3.90. The Hall–Kier alpha value is -3.23. The first-order valence-electron chi connectivity index (χ1n) is 9.95. The lowest BCUT2D eigenvalue weighted by molar-refractivity contribution is 0.0742. The zero-order valence-electron chi connectivity index (χ0n) is 17.3. The minimum absolute atomic E-state index is 0.00118. The van der Waals surface area contributed by atoms with Gasteiger partial charge >= 0.3 is 6.09 Å². The molecule has 2 aliphatic heterocycles. The van der Waals surface area contributed by atoms with Gasteiger partial charge in [0.15, 0.2) is 0 Å². The summed E-state index contributed by atoms with van der Waals surface area (Å²) in [6, 6.07) is 4.06. The number of ether oxygens (including phenoxy) is 1. The Morgan fingerprint density at radius 2 is 1.93 bits per heavy atom. The molecule has 1 aromatic heterocycles. The number of anilines is 2. The van der Waals surface area contributed by atoms with Crippen LogP contribution in [0.2, 0.25) is 0 Å². The third kappa shape index (κ3) is 3.67. The number of cyclic esters (lactones) is 1. The van der Waals surface area contributed by atoms with Crippen molar-refractivity contribution in [2.24, 2.45) is 0 Å². The number of aromatic nitrogens is 2. The lowest BCUT2D eigenvalue weighted by Gasteiger charge is -2.36. The number of hydrogen-bond donors (Lipinski definition) is 0. The van der Waals surface area contributed by atoms with Gasteiger partial charge in [-0.1, -0.05) is 0 Å². The minimum atomic E-state index is -0.646. The summed E-state index contributed by atoms with van der Waals surface area (Å²) in [5.41, 5.74) is 2.10. The minimum Gasteiger partial charge on any atom is -0.447 e. The highest BCUT2D eigenvalue weighted by atomic mass is 19.1. The van der Waals surface area contributed by atoms with Crippen molar-refractivity contribution < 1.29 is 18.7 Å². The molecule has 8 nitrogen and oxygen atoms in total. The van der Waals surface area contributed by atoms with Gasteiger partial charge in [-0.15, -0.1) is 0 Å². The second-order valence-corrected chi connectivity index (χ2v) is 7.66. The molecule has 2 saturated heterocycles. The molecule has 2 aromatic rings. The number of rotatable bonds is 3. The number of carbonyl (C=O) groups is 2. The van der Waals surface area contributed by atoms with Crippen molar-refractivity contribution >= 4 is 23.5 Å². The second-order valence-electron chi connectivity index (χ2n) is 7.66. The summed E-state index contributed by atoms with van der Waals surface area (Å²) in [4.78, 5) is 38.7.